The third-order valence-corrected chi connectivity index (χ3v) is 3.57. The van der Waals surface area contributed by atoms with Crippen molar-refractivity contribution in [1.82, 2.24) is 10.3 Å². The Bertz CT molecular complexity index is 311. The van der Waals surface area contributed by atoms with Crippen molar-refractivity contribution in [3.63, 3.8) is 0 Å². The van der Waals surface area contributed by atoms with Gasteiger partial charge in [0.25, 0.3) is 0 Å². The van der Waals surface area contributed by atoms with Gasteiger partial charge < -0.3 is 10.2 Å². The van der Waals surface area contributed by atoms with Gasteiger partial charge in [-0.15, -0.1) is 0 Å². The molecular formula is C12H17N3. The number of aromatic nitrogens is 1. The van der Waals surface area contributed by atoms with Gasteiger partial charge in [0.1, 0.15) is 5.82 Å². The first-order valence-corrected chi connectivity index (χ1v) is 5.83. The summed E-state index contributed by atoms with van der Waals surface area (Å²) in [5.74, 6) is 1.97. The van der Waals surface area contributed by atoms with E-state index in [1.807, 2.05) is 12.3 Å². The van der Waals surface area contributed by atoms with E-state index in [0.29, 0.717) is 6.04 Å². The van der Waals surface area contributed by atoms with Crippen LogP contribution in [0.15, 0.2) is 24.4 Å². The number of piperidine rings is 1. The van der Waals surface area contributed by atoms with Crippen LogP contribution in [-0.2, 0) is 0 Å². The van der Waals surface area contributed by atoms with Crippen LogP contribution < -0.4 is 10.2 Å². The van der Waals surface area contributed by atoms with Gasteiger partial charge in [-0.3, -0.25) is 0 Å². The van der Waals surface area contributed by atoms with Crippen LogP contribution >= 0.6 is 0 Å². The summed E-state index contributed by atoms with van der Waals surface area (Å²) in [4.78, 5) is 6.83. The van der Waals surface area contributed by atoms with E-state index in [0.717, 1.165) is 18.3 Å². The van der Waals surface area contributed by atoms with E-state index in [2.05, 4.69) is 27.3 Å². The molecule has 2 unspecified atom stereocenters. The second kappa shape index (κ2) is 3.81. The minimum Gasteiger partial charge on any atom is -0.355 e. The summed E-state index contributed by atoms with van der Waals surface area (Å²) in [6, 6.07) is 6.85. The van der Waals surface area contributed by atoms with Crippen LogP contribution in [0.1, 0.15) is 12.8 Å². The molecule has 0 bridgehead atoms. The van der Waals surface area contributed by atoms with Gasteiger partial charge in [0.2, 0.25) is 0 Å². The summed E-state index contributed by atoms with van der Waals surface area (Å²) in [5, 5.41) is 3.61. The Balaban J connectivity index is 1.75. The van der Waals surface area contributed by atoms with Gasteiger partial charge in [-0.05, 0) is 37.4 Å². The summed E-state index contributed by atoms with van der Waals surface area (Å²) in [6.45, 7) is 3.49. The number of hydrogen-bond acceptors (Lipinski definition) is 3. The highest BCUT2D eigenvalue weighted by molar-refractivity contribution is 5.40. The second-order valence-electron chi connectivity index (χ2n) is 4.56. The Labute approximate surface area is 90.5 Å². The number of nitrogens with zero attached hydrogens (tertiary/aromatic N) is 2. The molecule has 15 heavy (non-hydrogen) atoms. The average molecular weight is 203 g/mol. The zero-order chi connectivity index (χ0) is 10.1. The van der Waals surface area contributed by atoms with Crippen LogP contribution in [0.3, 0.4) is 0 Å². The fraction of sp³-hybridized carbons (Fsp3) is 0.583. The van der Waals surface area contributed by atoms with Crippen molar-refractivity contribution in [3.05, 3.63) is 24.4 Å². The fourth-order valence-electron chi connectivity index (χ4n) is 2.77. The molecule has 1 aromatic heterocycles. The summed E-state index contributed by atoms with van der Waals surface area (Å²) >= 11 is 0. The molecule has 2 aliphatic rings. The first-order valence-electron chi connectivity index (χ1n) is 5.83. The first-order chi connectivity index (χ1) is 7.43. The van der Waals surface area contributed by atoms with Gasteiger partial charge in [0, 0.05) is 25.3 Å². The molecule has 0 aliphatic carbocycles. The minimum absolute atomic E-state index is 0.695. The molecule has 80 valence electrons. The van der Waals surface area contributed by atoms with Crippen molar-refractivity contribution in [2.45, 2.75) is 18.9 Å². The lowest BCUT2D eigenvalue weighted by atomic mass is 9.94. The molecular weight excluding hydrogens is 186 g/mol. The zero-order valence-electron chi connectivity index (χ0n) is 8.89. The highest BCUT2D eigenvalue weighted by atomic mass is 15.2. The number of nitrogens with one attached hydrogen (secondary N) is 1. The third kappa shape index (κ3) is 1.72. The molecule has 1 aromatic rings. The zero-order valence-corrected chi connectivity index (χ0v) is 8.89. The highest BCUT2D eigenvalue weighted by Gasteiger charge is 2.34. The lowest BCUT2D eigenvalue weighted by Gasteiger charge is -2.24. The molecule has 3 heterocycles. The molecule has 0 aromatic carbocycles. The average Bonchev–Trinajstić information content (AvgIpc) is 2.74. The number of hydrogen-bond donors (Lipinski definition) is 1. The Morgan fingerprint density at radius 1 is 1.33 bits per heavy atom. The predicted octanol–water partition coefficient (Wildman–Crippen LogP) is 1.27. The van der Waals surface area contributed by atoms with Crippen LogP contribution in [-0.4, -0.2) is 30.7 Å². The standard InChI is InChI=1S/C12H17N3/c1-2-6-14-12(5-1)15-8-10-4-3-7-13-11(10)9-15/h1-2,5-6,10-11,13H,3-4,7-9H2. The Morgan fingerprint density at radius 2 is 2.33 bits per heavy atom. The molecule has 0 spiro atoms. The second-order valence-corrected chi connectivity index (χ2v) is 4.56. The van der Waals surface area contributed by atoms with Gasteiger partial charge in [-0.1, -0.05) is 6.07 Å². The van der Waals surface area contributed by atoms with Crippen molar-refractivity contribution in [2.24, 2.45) is 5.92 Å². The predicted molar refractivity (Wildman–Crippen MR) is 61.0 cm³/mol. The van der Waals surface area contributed by atoms with Crippen molar-refractivity contribution in [1.29, 1.82) is 0 Å². The molecule has 1 N–H and O–H groups in total. The van der Waals surface area contributed by atoms with Gasteiger partial charge >= 0.3 is 0 Å². The maximum absolute atomic E-state index is 4.42. The largest absolute Gasteiger partial charge is 0.355 e. The van der Waals surface area contributed by atoms with Crippen LogP contribution in [0.25, 0.3) is 0 Å². The maximum Gasteiger partial charge on any atom is 0.128 e. The van der Waals surface area contributed by atoms with Crippen molar-refractivity contribution in [3.8, 4) is 0 Å². The van der Waals surface area contributed by atoms with E-state index >= 15 is 0 Å². The lowest BCUT2D eigenvalue weighted by Crippen LogP contribution is -2.40. The number of anilines is 1. The molecule has 2 fully saturated rings. The number of rotatable bonds is 1. The van der Waals surface area contributed by atoms with E-state index in [-0.39, 0.29) is 0 Å². The number of fused-ring (bicyclic) bond motifs is 1. The molecule has 3 nitrogen and oxygen atoms in total. The minimum atomic E-state index is 0.695. The SMILES string of the molecule is c1ccc(N2CC3CCCNC3C2)nc1. The van der Waals surface area contributed by atoms with Crippen molar-refractivity contribution in [2.75, 3.05) is 24.5 Å². The first kappa shape index (κ1) is 9.16. The molecule has 3 heteroatoms. The van der Waals surface area contributed by atoms with Gasteiger partial charge in [-0.2, -0.15) is 0 Å². The van der Waals surface area contributed by atoms with E-state index in [4.69, 9.17) is 0 Å². The quantitative estimate of drug-likeness (QED) is 0.745. The van der Waals surface area contributed by atoms with Gasteiger partial charge in [0.05, 0.1) is 0 Å². The van der Waals surface area contributed by atoms with Crippen LogP contribution in [0.5, 0.6) is 0 Å². The summed E-state index contributed by atoms with van der Waals surface area (Å²) < 4.78 is 0. The molecule has 2 saturated heterocycles. The lowest BCUT2D eigenvalue weighted by molar-refractivity contribution is 0.340. The Morgan fingerprint density at radius 3 is 3.13 bits per heavy atom. The molecule has 2 aliphatic heterocycles. The highest BCUT2D eigenvalue weighted by Crippen LogP contribution is 2.27. The summed E-state index contributed by atoms with van der Waals surface area (Å²) in [6.07, 6.45) is 4.59. The molecule has 3 rings (SSSR count). The van der Waals surface area contributed by atoms with E-state index in [1.54, 1.807) is 0 Å². The van der Waals surface area contributed by atoms with Crippen LogP contribution in [0.4, 0.5) is 5.82 Å². The number of pyridine rings is 1. The van der Waals surface area contributed by atoms with Gasteiger partial charge in [0.15, 0.2) is 0 Å². The monoisotopic (exact) mass is 203 g/mol. The smallest absolute Gasteiger partial charge is 0.128 e. The summed E-state index contributed by atoms with van der Waals surface area (Å²) in [7, 11) is 0. The molecule has 0 radical (unpaired) electrons. The van der Waals surface area contributed by atoms with Gasteiger partial charge in [-0.25, -0.2) is 4.98 Å². The van der Waals surface area contributed by atoms with Crippen LogP contribution in [0.2, 0.25) is 0 Å². The van der Waals surface area contributed by atoms with Crippen molar-refractivity contribution >= 4 is 5.82 Å². The topological polar surface area (TPSA) is 28.2 Å². The Hall–Kier alpha value is -1.09. The maximum atomic E-state index is 4.42. The van der Waals surface area contributed by atoms with E-state index < -0.39 is 0 Å². The fourth-order valence-corrected chi connectivity index (χ4v) is 2.77. The normalized spacial score (nSPS) is 30.3. The molecule has 2 atom stereocenters. The third-order valence-electron chi connectivity index (χ3n) is 3.57. The van der Waals surface area contributed by atoms with Crippen LogP contribution in [0, 0.1) is 5.92 Å². The van der Waals surface area contributed by atoms with E-state index in [1.165, 1.54) is 25.9 Å². The molecule has 0 saturated carbocycles. The summed E-state index contributed by atoms with van der Waals surface area (Å²) in [5.41, 5.74) is 0. The van der Waals surface area contributed by atoms with Crippen molar-refractivity contribution < 1.29 is 0 Å². The van der Waals surface area contributed by atoms with E-state index in [9.17, 15) is 0 Å². The molecule has 0 amide bonds. The Kier molecular flexibility index (Phi) is 2.33.